The number of alkyl halides is 6. The smallest absolute Gasteiger partial charge is 0.229 e. The van der Waals surface area contributed by atoms with E-state index in [1.807, 2.05) is 0 Å². The van der Waals surface area contributed by atoms with Crippen LogP contribution in [0.5, 0.6) is 0 Å². The van der Waals surface area contributed by atoms with Crippen LogP contribution < -0.4 is 0 Å². The van der Waals surface area contributed by atoms with Crippen molar-refractivity contribution in [3.05, 3.63) is 0 Å². The Hall–Kier alpha value is 0.680. The molecule has 1 aliphatic rings. The third-order valence-corrected chi connectivity index (χ3v) is 3.13. The molecular weight excluding hydrogens is 345 g/mol. The zero-order valence-electron chi connectivity index (χ0n) is 7.29. The van der Waals surface area contributed by atoms with Crippen molar-refractivity contribution in [1.82, 2.24) is 9.80 Å². The second kappa shape index (κ2) is 4.75. The molecule has 0 aromatic rings. The molecule has 92 valence electrons. The van der Waals surface area contributed by atoms with Crippen molar-refractivity contribution in [1.29, 1.82) is 0 Å². The maximum atomic E-state index is 10.8. The summed E-state index contributed by atoms with van der Waals surface area (Å²) in [5, 5.41) is 0. The molecule has 1 heterocycles. The molecule has 0 N–H and O–H groups in total. The first-order valence-electron chi connectivity index (χ1n) is 3.73. The first-order valence-corrected chi connectivity index (χ1v) is 6.00. The van der Waals surface area contributed by atoms with Gasteiger partial charge in [0.25, 0.3) is 0 Å². The summed E-state index contributed by atoms with van der Waals surface area (Å²) in [6, 6.07) is 0. The van der Waals surface area contributed by atoms with Crippen LogP contribution in [0, 0.1) is 0 Å². The molecule has 2 amide bonds. The molecule has 1 fully saturated rings. The van der Waals surface area contributed by atoms with Gasteiger partial charge in [-0.1, -0.05) is 69.6 Å². The van der Waals surface area contributed by atoms with Crippen LogP contribution in [-0.4, -0.2) is 42.5 Å². The van der Waals surface area contributed by atoms with E-state index in [2.05, 4.69) is 0 Å². The number of amides is 2. The zero-order valence-corrected chi connectivity index (χ0v) is 11.8. The Kier molecular flexibility index (Phi) is 4.37. The lowest BCUT2D eigenvalue weighted by molar-refractivity contribution is -0.178. The van der Waals surface area contributed by atoms with Crippen molar-refractivity contribution in [2.45, 2.75) is 19.9 Å². The van der Waals surface area contributed by atoms with E-state index in [1.54, 1.807) is 0 Å². The number of hydrogen-bond donors (Lipinski definition) is 0. The molecule has 1 aliphatic heterocycles. The highest BCUT2D eigenvalue weighted by atomic mass is 35.6. The molecule has 0 unspecified atom stereocenters. The van der Waals surface area contributed by atoms with Gasteiger partial charge in [0, 0.05) is 0 Å². The van der Waals surface area contributed by atoms with E-state index in [0.29, 0.717) is 12.8 Å². The quantitative estimate of drug-likeness (QED) is 0.567. The summed E-state index contributed by atoms with van der Waals surface area (Å²) in [4.78, 5) is 23.5. The second-order valence-corrected chi connectivity index (χ2v) is 7.67. The maximum Gasteiger partial charge on any atom is 0.229 e. The summed E-state index contributed by atoms with van der Waals surface area (Å²) in [5.41, 5.74) is 0. The van der Waals surface area contributed by atoms with Gasteiger partial charge >= 0.3 is 0 Å². The summed E-state index contributed by atoms with van der Waals surface area (Å²) in [6.07, 6.45) is -1.49. The predicted octanol–water partition coefficient (Wildman–Crippen LogP) is 2.31. The van der Waals surface area contributed by atoms with E-state index in [4.69, 9.17) is 69.6 Å². The molecule has 0 spiro atoms. The monoisotopic (exact) mass is 346 g/mol. The lowest BCUT2D eigenvalue weighted by Gasteiger charge is -2.58. The number of halogens is 6. The highest BCUT2D eigenvalue weighted by Gasteiger charge is 2.61. The summed E-state index contributed by atoms with van der Waals surface area (Å²) >= 11 is 33.6. The van der Waals surface area contributed by atoms with E-state index in [0.717, 1.165) is 9.80 Å². The van der Waals surface area contributed by atoms with Crippen LogP contribution in [0.25, 0.3) is 0 Å². The van der Waals surface area contributed by atoms with Crippen molar-refractivity contribution in [3.63, 3.8) is 0 Å². The first kappa shape index (κ1) is 14.7. The molecule has 10 heteroatoms. The average Bonchev–Trinajstić information content (AvgIpc) is 1.97. The van der Waals surface area contributed by atoms with Gasteiger partial charge in [-0.25, -0.2) is 0 Å². The molecule has 16 heavy (non-hydrogen) atoms. The number of hydrogen-bond acceptors (Lipinski definition) is 2. The molecule has 0 bridgehead atoms. The number of rotatable bonds is 2. The van der Waals surface area contributed by atoms with Crippen molar-refractivity contribution >= 4 is 82.4 Å². The van der Waals surface area contributed by atoms with E-state index >= 15 is 0 Å². The molecule has 0 atom stereocenters. The van der Waals surface area contributed by atoms with Gasteiger partial charge < -0.3 is 0 Å². The molecule has 4 nitrogen and oxygen atoms in total. The van der Waals surface area contributed by atoms with Crippen LogP contribution in [0.4, 0.5) is 0 Å². The summed E-state index contributed by atoms with van der Waals surface area (Å²) < 4.78 is -3.76. The summed E-state index contributed by atoms with van der Waals surface area (Å²) in [6.45, 7) is 0. The maximum absolute atomic E-state index is 10.8. The fraction of sp³-hybridized carbons (Fsp3) is 0.667. The molecule has 0 aromatic heterocycles. The minimum absolute atomic E-state index is 0.346. The largest absolute Gasteiger partial charge is 0.295 e. The van der Waals surface area contributed by atoms with Crippen LogP contribution in [0.3, 0.4) is 0 Å². The van der Waals surface area contributed by atoms with Crippen LogP contribution in [-0.2, 0) is 9.59 Å². The SMILES string of the molecule is O=CN1C(C(Cl)(Cl)Cl)N(C=O)C1C(Cl)(Cl)Cl. The van der Waals surface area contributed by atoms with Crippen LogP contribution >= 0.6 is 69.6 Å². The van der Waals surface area contributed by atoms with E-state index in [9.17, 15) is 9.59 Å². The van der Waals surface area contributed by atoms with Gasteiger partial charge in [0.05, 0.1) is 0 Å². The summed E-state index contributed by atoms with van der Waals surface area (Å²) in [7, 11) is 0. The lowest BCUT2D eigenvalue weighted by Crippen LogP contribution is -2.77. The van der Waals surface area contributed by atoms with Gasteiger partial charge in [-0.05, 0) is 0 Å². The standard InChI is InChI=1S/C6H4Cl6N2O2/c7-5(8,9)3-13(1-15)4(6(10,11)12)14(3)2-16/h1-4H. The number of carbonyl (C=O) groups excluding carboxylic acids is 2. The predicted molar refractivity (Wildman–Crippen MR) is 64.0 cm³/mol. The second-order valence-electron chi connectivity index (χ2n) is 2.94. The average molecular weight is 349 g/mol. The van der Waals surface area contributed by atoms with Crippen molar-refractivity contribution in [2.24, 2.45) is 0 Å². The molecule has 0 aliphatic carbocycles. The van der Waals surface area contributed by atoms with Crippen molar-refractivity contribution in [2.75, 3.05) is 0 Å². The van der Waals surface area contributed by atoms with Crippen molar-refractivity contribution in [3.8, 4) is 0 Å². The molecule has 1 rings (SSSR count). The molecule has 0 radical (unpaired) electrons. The summed E-state index contributed by atoms with van der Waals surface area (Å²) in [5.74, 6) is 0. The van der Waals surface area contributed by atoms with Crippen LogP contribution in [0.1, 0.15) is 0 Å². The molecular formula is C6H4Cl6N2O2. The Morgan fingerprint density at radius 1 is 0.750 bits per heavy atom. The lowest BCUT2D eigenvalue weighted by atomic mass is 10.2. The third kappa shape index (κ3) is 2.57. The van der Waals surface area contributed by atoms with Crippen molar-refractivity contribution < 1.29 is 9.59 Å². The molecule has 1 saturated heterocycles. The Morgan fingerprint density at radius 2 is 1.00 bits per heavy atom. The zero-order chi connectivity index (χ0) is 12.7. The third-order valence-electron chi connectivity index (χ3n) is 1.96. The fourth-order valence-corrected chi connectivity index (χ4v) is 2.76. The normalized spacial score (nSPS) is 26.4. The van der Waals surface area contributed by atoms with Gasteiger partial charge in [0.2, 0.25) is 20.4 Å². The highest BCUT2D eigenvalue weighted by Crippen LogP contribution is 2.48. The molecule has 0 saturated carbocycles. The van der Waals surface area contributed by atoms with Gasteiger partial charge in [0.1, 0.15) is 0 Å². The number of carbonyl (C=O) groups is 2. The Balaban J connectivity index is 3.01. The molecule has 0 aromatic carbocycles. The number of nitrogens with zero attached hydrogens (tertiary/aromatic N) is 2. The van der Waals surface area contributed by atoms with Gasteiger partial charge in [-0.15, -0.1) is 0 Å². The minimum atomic E-state index is -1.88. The first-order chi connectivity index (χ1) is 7.14. The highest BCUT2D eigenvalue weighted by molar-refractivity contribution is 6.69. The Bertz CT molecular complexity index is 262. The van der Waals surface area contributed by atoms with E-state index in [1.165, 1.54) is 0 Å². The fourth-order valence-electron chi connectivity index (χ4n) is 1.41. The van der Waals surface area contributed by atoms with Gasteiger partial charge in [-0.2, -0.15) is 0 Å². The topological polar surface area (TPSA) is 40.6 Å². The van der Waals surface area contributed by atoms with E-state index in [-0.39, 0.29) is 0 Å². The minimum Gasteiger partial charge on any atom is -0.295 e. The Morgan fingerprint density at radius 3 is 1.12 bits per heavy atom. The van der Waals surface area contributed by atoms with Gasteiger partial charge in [0.15, 0.2) is 12.3 Å². The van der Waals surface area contributed by atoms with Gasteiger partial charge in [-0.3, -0.25) is 19.4 Å². The Labute approximate surface area is 121 Å². The van der Waals surface area contributed by atoms with Crippen LogP contribution in [0.15, 0.2) is 0 Å². The van der Waals surface area contributed by atoms with E-state index < -0.39 is 19.9 Å². The van der Waals surface area contributed by atoms with Crippen LogP contribution in [0.2, 0.25) is 0 Å².